The van der Waals surface area contributed by atoms with Crippen LogP contribution in [-0.4, -0.2) is 40.6 Å². The molecule has 0 spiro atoms. The Balaban J connectivity index is 2.46. The van der Waals surface area contributed by atoms with Crippen LogP contribution in [0.15, 0.2) is 27.7 Å². The molecule has 2 aromatic rings. The van der Waals surface area contributed by atoms with Gasteiger partial charge in [-0.3, -0.25) is 14.6 Å². The molecule has 0 aliphatic rings. The Bertz CT molecular complexity index is 775. The van der Waals surface area contributed by atoms with E-state index in [9.17, 15) is 9.59 Å². The zero-order chi connectivity index (χ0) is 17.9. The van der Waals surface area contributed by atoms with Gasteiger partial charge in [-0.1, -0.05) is 5.16 Å². The summed E-state index contributed by atoms with van der Waals surface area (Å²) in [6.45, 7) is 3.54. The van der Waals surface area contributed by atoms with Crippen molar-refractivity contribution in [1.82, 2.24) is 5.16 Å². The molecule has 2 rings (SSSR count). The monoisotopic (exact) mass is 332 g/mol. The van der Waals surface area contributed by atoms with Crippen molar-refractivity contribution in [1.29, 1.82) is 0 Å². The first kappa shape index (κ1) is 17.2. The van der Waals surface area contributed by atoms with E-state index >= 15 is 0 Å². The number of methoxy groups -OCH3 is 1. The molecular weight excluding hydrogens is 316 g/mol. The molecule has 0 aliphatic heterocycles. The summed E-state index contributed by atoms with van der Waals surface area (Å²) in [6.07, 6.45) is 0.879. The quantitative estimate of drug-likeness (QED) is 0.615. The van der Waals surface area contributed by atoms with Gasteiger partial charge in [0, 0.05) is 11.8 Å². The summed E-state index contributed by atoms with van der Waals surface area (Å²) in [5, 5.41) is 21.6. The zero-order valence-electron chi connectivity index (χ0n) is 13.3. The van der Waals surface area contributed by atoms with Gasteiger partial charge in [0.25, 0.3) is 0 Å². The Kier molecular flexibility index (Phi) is 4.98. The van der Waals surface area contributed by atoms with Gasteiger partial charge in [0.1, 0.15) is 11.5 Å². The SMILES string of the molecule is COc1ccc(N=CC(C(=O)O)C(=O)O)cc1-c1c(C)noc1C. The van der Waals surface area contributed by atoms with Crippen LogP contribution in [0.3, 0.4) is 0 Å². The van der Waals surface area contributed by atoms with Crippen LogP contribution in [-0.2, 0) is 9.59 Å². The van der Waals surface area contributed by atoms with Crippen LogP contribution in [0.5, 0.6) is 5.75 Å². The van der Waals surface area contributed by atoms with Crippen molar-refractivity contribution >= 4 is 23.8 Å². The Hall–Kier alpha value is -3.16. The summed E-state index contributed by atoms with van der Waals surface area (Å²) in [7, 11) is 1.52. The average Bonchev–Trinajstić information content (AvgIpc) is 2.85. The van der Waals surface area contributed by atoms with E-state index in [4.69, 9.17) is 19.5 Å². The average molecular weight is 332 g/mol. The Labute approximate surface area is 137 Å². The number of aliphatic carboxylic acids is 2. The topological polar surface area (TPSA) is 122 Å². The van der Waals surface area contributed by atoms with E-state index in [0.29, 0.717) is 28.5 Å². The van der Waals surface area contributed by atoms with E-state index in [1.807, 2.05) is 0 Å². The summed E-state index contributed by atoms with van der Waals surface area (Å²) in [4.78, 5) is 25.7. The smallest absolute Gasteiger partial charge is 0.323 e. The number of aryl methyl sites for hydroxylation is 2. The van der Waals surface area contributed by atoms with E-state index in [2.05, 4.69) is 10.1 Å². The minimum absolute atomic E-state index is 0.387. The fourth-order valence-electron chi connectivity index (χ4n) is 2.23. The summed E-state index contributed by atoms with van der Waals surface area (Å²) in [5.74, 6) is -3.51. The highest BCUT2D eigenvalue weighted by atomic mass is 16.5. The van der Waals surface area contributed by atoms with Crippen LogP contribution in [0.25, 0.3) is 11.1 Å². The number of hydrogen-bond acceptors (Lipinski definition) is 6. The first-order valence-electron chi connectivity index (χ1n) is 6.96. The molecule has 0 radical (unpaired) electrons. The molecule has 1 aromatic carbocycles. The van der Waals surface area contributed by atoms with Crippen molar-refractivity contribution in [2.45, 2.75) is 13.8 Å². The number of ether oxygens (including phenoxy) is 1. The van der Waals surface area contributed by atoms with Crippen molar-refractivity contribution in [2.75, 3.05) is 7.11 Å². The minimum atomic E-state index is -1.71. The van der Waals surface area contributed by atoms with Crippen LogP contribution in [0.1, 0.15) is 11.5 Å². The Morgan fingerprint density at radius 3 is 2.46 bits per heavy atom. The van der Waals surface area contributed by atoms with Crippen molar-refractivity contribution in [2.24, 2.45) is 10.9 Å². The maximum Gasteiger partial charge on any atom is 0.323 e. The Morgan fingerprint density at radius 2 is 1.96 bits per heavy atom. The first-order valence-corrected chi connectivity index (χ1v) is 6.96. The van der Waals surface area contributed by atoms with E-state index < -0.39 is 17.9 Å². The molecule has 1 heterocycles. The van der Waals surface area contributed by atoms with Gasteiger partial charge in [-0.15, -0.1) is 0 Å². The second-order valence-electron chi connectivity index (χ2n) is 5.02. The molecule has 126 valence electrons. The molecule has 0 unspecified atom stereocenters. The van der Waals surface area contributed by atoms with E-state index in [0.717, 1.165) is 11.8 Å². The number of carboxylic acids is 2. The largest absolute Gasteiger partial charge is 0.496 e. The molecule has 1 aromatic heterocycles. The van der Waals surface area contributed by atoms with Gasteiger partial charge >= 0.3 is 11.9 Å². The summed E-state index contributed by atoms with van der Waals surface area (Å²) < 4.78 is 10.5. The fraction of sp³-hybridized carbons (Fsp3) is 0.250. The van der Waals surface area contributed by atoms with Crippen LogP contribution < -0.4 is 4.74 Å². The number of aliphatic imine (C=N–C) groups is 1. The number of benzene rings is 1. The second kappa shape index (κ2) is 6.95. The third-order valence-corrected chi connectivity index (χ3v) is 3.39. The lowest BCUT2D eigenvalue weighted by atomic mass is 10.0. The van der Waals surface area contributed by atoms with Gasteiger partial charge in [-0.05, 0) is 32.0 Å². The third-order valence-electron chi connectivity index (χ3n) is 3.39. The third kappa shape index (κ3) is 3.43. The van der Waals surface area contributed by atoms with E-state index in [1.165, 1.54) is 7.11 Å². The lowest BCUT2D eigenvalue weighted by molar-refractivity contribution is -0.150. The molecule has 0 saturated carbocycles. The maximum absolute atomic E-state index is 10.9. The van der Waals surface area contributed by atoms with Crippen molar-refractivity contribution < 1.29 is 29.1 Å². The lowest BCUT2D eigenvalue weighted by Crippen LogP contribution is -2.24. The number of nitrogens with zero attached hydrogens (tertiary/aromatic N) is 2. The molecular formula is C16H16N2O6. The molecule has 0 bridgehead atoms. The highest BCUT2D eigenvalue weighted by Gasteiger charge is 2.23. The fourth-order valence-corrected chi connectivity index (χ4v) is 2.23. The summed E-state index contributed by atoms with van der Waals surface area (Å²) in [5.41, 5.74) is 2.47. The van der Waals surface area contributed by atoms with Crippen LogP contribution in [0, 0.1) is 19.8 Å². The summed E-state index contributed by atoms with van der Waals surface area (Å²) in [6, 6.07) is 4.91. The van der Waals surface area contributed by atoms with Gasteiger partial charge in [0.2, 0.25) is 0 Å². The highest BCUT2D eigenvalue weighted by Crippen LogP contribution is 2.37. The predicted molar refractivity (Wildman–Crippen MR) is 84.9 cm³/mol. The standard InChI is InChI=1S/C16H16N2O6/c1-8-14(9(2)24-18-8)11-6-10(4-5-13(11)23-3)17-7-12(15(19)20)16(21)22/h4-7,12H,1-3H3,(H,19,20)(H,21,22). The van der Waals surface area contributed by atoms with Gasteiger partial charge in [0.15, 0.2) is 5.92 Å². The normalized spacial score (nSPS) is 11.2. The lowest BCUT2D eigenvalue weighted by Gasteiger charge is -2.09. The molecule has 0 aliphatic carbocycles. The number of carbonyl (C=O) groups is 2. The van der Waals surface area contributed by atoms with Crippen molar-refractivity contribution in [3.05, 3.63) is 29.7 Å². The molecule has 0 amide bonds. The second-order valence-corrected chi connectivity index (χ2v) is 5.02. The number of rotatable bonds is 6. The molecule has 2 N–H and O–H groups in total. The van der Waals surface area contributed by atoms with Crippen molar-refractivity contribution in [3.8, 4) is 16.9 Å². The molecule has 0 fully saturated rings. The number of hydrogen-bond donors (Lipinski definition) is 2. The maximum atomic E-state index is 10.9. The first-order chi connectivity index (χ1) is 11.3. The van der Waals surface area contributed by atoms with Crippen LogP contribution >= 0.6 is 0 Å². The van der Waals surface area contributed by atoms with Crippen molar-refractivity contribution in [3.63, 3.8) is 0 Å². The highest BCUT2D eigenvalue weighted by molar-refractivity contribution is 6.08. The predicted octanol–water partition coefficient (Wildman–Crippen LogP) is 2.45. The summed E-state index contributed by atoms with van der Waals surface area (Å²) >= 11 is 0. The van der Waals surface area contributed by atoms with Crippen LogP contribution in [0.2, 0.25) is 0 Å². The van der Waals surface area contributed by atoms with Crippen LogP contribution in [0.4, 0.5) is 5.69 Å². The van der Waals surface area contributed by atoms with Gasteiger partial charge in [-0.2, -0.15) is 0 Å². The van der Waals surface area contributed by atoms with E-state index in [-0.39, 0.29) is 0 Å². The van der Waals surface area contributed by atoms with Gasteiger partial charge in [0.05, 0.1) is 24.1 Å². The Morgan fingerprint density at radius 1 is 1.29 bits per heavy atom. The number of aromatic nitrogens is 1. The minimum Gasteiger partial charge on any atom is -0.496 e. The van der Waals surface area contributed by atoms with Gasteiger partial charge < -0.3 is 19.5 Å². The van der Waals surface area contributed by atoms with Gasteiger partial charge in [-0.25, -0.2) is 0 Å². The molecule has 24 heavy (non-hydrogen) atoms. The molecule has 0 saturated heterocycles. The molecule has 8 nitrogen and oxygen atoms in total. The van der Waals surface area contributed by atoms with E-state index in [1.54, 1.807) is 32.0 Å². The number of carboxylic acid groups (broad SMARTS) is 2. The molecule has 0 atom stereocenters. The molecule has 8 heteroatoms. The zero-order valence-corrected chi connectivity index (χ0v) is 13.3.